The molecule has 0 unspecified atom stereocenters. The number of aromatic nitrogens is 2. The maximum atomic E-state index is 12.9. The van der Waals surface area contributed by atoms with Crippen molar-refractivity contribution in [3.63, 3.8) is 0 Å². The van der Waals surface area contributed by atoms with Crippen LogP contribution in [-0.2, 0) is 6.54 Å². The van der Waals surface area contributed by atoms with Crippen molar-refractivity contribution in [3.8, 4) is 5.75 Å². The summed E-state index contributed by atoms with van der Waals surface area (Å²) in [5.41, 5.74) is 1.18. The van der Waals surface area contributed by atoms with Gasteiger partial charge in [-0.15, -0.1) is 0 Å². The van der Waals surface area contributed by atoms with Crippen LogP contribution in [-0.4, -0.2) is 46.2 Å². The smallest absolute Gasteiger partial charge is 0.348 e. The summed E-state index contributed by atoms with van der Waals surface area (Å²) in [5, 5.41) is 2.79. The molecule has 0 spiro atoms. The van der Waals surface area contributed by atoms with E-state index >= 15 is 0 Å². The van der Waals surface area contributed by atoms with Gasteiger partial charge < -0.3 is 15.0 Å². The third kappa shape index (κ3) is 4.19. The number of carbonyl (C=O) groups is 1. The van der Waals surface area contributed by atoms with Crippen LogP contribution in [0, 0.1) is 19.7 Å². The molecule has 1 aliphatic rings. The number of nitrogens with zero attached hydrogens (tertiary/aromatic N) is 3. The quantitative estimate of drug-likeness (QED) is 0.876. The molecule has 1 aromatic carbocycles. The van der Waals surface area contributed by atoms with Gasteiger partial charge in [0.15, 0.2) is 0 Å². The number of benzene rings is 1. The van der Waals surface area contributed by atoms with Gasteiger partial charge in [-0.3, -0.25) is 4.57 Å². The highest BCUT2D eigenvalue weighted by Gasteiger charge is 2.32. The summed E-state index contributed by atoms with van der Waals surface area (Å²) in [6.45, 7) is 5.25. The van der Waals surface area contributed by atoms with E-state index in [9.17, 15) is 14.0 Å². The van der Waals surface area contributed by atoms with Crippen LogP contribution in [0.25, 0.3) is 0 Å². The van der Waals surface area contributed by atoms with Crippen molar-refractivity contribution in [3.05, 3.63) is 58.0 Å². The predicted molar refractivity (Wildman–Crippen MR) is 93.8 cm³/mol. The van der Waals surface area contributed by atoms with Crippen LogP contribution in [0.1, 0.15) is 11.4 Å². The first kappa shape index (κ1) is 17.9. The molecule has 8 heteroatoms. The van der Waals surface area contributed by atoms with Gasteiger partial charge in [0, 0.05) is 24.5 Å². The topological polar surface area (TPSA) is 76.5 Å². The van der Waals surface area contributed by atoms with Crippen molar-refractivity contribution in [1.29, 1.82) is 0 Å². The van der Waals surface area contributed by atoms with Crippen LogP contribution < -0.4 is 15.7 Å². The minimum absolute atomic E-state index is 0.0997. The predicted octanol–water partition coefficient (Wildman–Crippen LogP) is 1.47. The lowest BCUT2D eigenvalue weighted by molar-refractivity contribution is 0.0444. The number of likely N-dealkylation sites (tertiary alicyclic amines) is 1. The van der Waals surface area contributed by atoms with Crippen molar-refractivity contribution < 1.29 is 13.9 Å². The summed E-state index contributed by atoms with van der Waals surface area (Å²) >= 11 is 0. The molecule has 3 rings (SSSR count). The highest BCUT2D eigenvalue weighted by molar-refractivity contribution is 5.75. The highest BCUT2D eigenvalue weighted by atomic mass is 19.1. The molecule has 2 aromatic rings. The molecular formula is C18H21FN4O3. The second-order valence-corrected chi connectivity index (χ2v) is 6.30. The van der Waals surface area contributed by atoms with Gasteiger partial charge in [-0.05, 0) is 44.2 Å². The van der Waals surface area contributed by atoms with Crippen LogP contribution in [0.5, 0.6) is 5.75 Å². The molecule has 1 N–H and O–H groups in total. The third-order valence-corrected chi connectivity index (χ3v) is 4.21. The first-order valence-electron chi connectivity index (χ1n) is 8.42. The fourth-order valence-corrected chi connectivity index (χ4v) is 2.82. The Morgan fingerprint density at radius 1 is 1.31 bits per heavy atom. The summed E-state index contributed by atoms with van der Waals surface area (Å²) in [6.07, 6.45) is -0.0997. The lowest BCUT2D eigenvalue weighted by Crippen LogP contribution is -2.59. The van der Waals surface area contributed by atoms with Crippen molar-refractivity contribution in [2.24, 2.45) is 0 Å². The van der Waals surface area contributed by atoms with E-state index in [0.29, 0.717) is 37.6 Å². The van der Waals surface area contributed by atoms with Crippen LogP contribution in [0.15, 0.2) is 35.1 Å². The molecule has 0 saturated carbocycles. The van der Waals surface area contributed by atoms with Gasteiger partial charge in [0.2, 0.25) is 0 Å². The number of urea groups is 1. The normalized spacial score (nSPS) is 14.0. The van der Waals surface area contributed by atoms with Crippen LogP contribution >= 0.6 is 0 Å². The van der Waals surface area contributed by atoms with E-state index in [1.165, 1.54) is 16.7 Å². The van der Waals surface area contributed by atoms with Gasteiger partial charge in [0.05, 0.1) is 13.1 Å². The molecule has 2 amide bonds. The van der Waals surface area contributed by atoms with Gasteiger partial charge in [-0.2, -0.15) is 4.98 Å². The Morgan fingerprint density at radius 3 is 2.65 bits per heavy atom. The fraction of sp³-hybridized carbons (Fsp3) is 0.389. The Kier molecular flexibility index (Phi) is 5.20. The van der Waals surface area contributed by atoms with Gasteiger partial charge in [-0.25, -0.2) is 14.0 Å². The zero-order valence-corrected chi connectivity index (χ0v) is 14.7. The number of aryl methyl sites for hydroxylation is 2. The molecule has 1 fully saturated rings. The van der Waals surface area contributed by atoms with E-state index in [1.54, 1.807) is 24.0 Å². The number of halogens is 1. The summed E-state index contributed by atoms with van der Waals surface area (Å²) in [6, 6.07) is 7.43. The van der Waals surface area contributed by atoms with Crippen molar-refractivity contribution in [1.82, 2.24) is 19.8 Å². The Morgan fingerprint density at radius 2 is 2.00 bits per heavy atom. The maximum absolute atomic E-state index is 12.9. The Balaban J connectivity index is 1.42. The monoisotopic (exact) mass is 360 g/mol. The molecule has 7 nitrogen and oxygen atoms in total. The molecule has 0 atom stereocenters. The van der Waals surface area contributed by atoms with E-state index in [4.69, 9.17) is 4.74 Å². The molecule has 138 valence electrons. The van der Waals surface area contributed by atoms with Crippen molar-refractivity contribution in [2.75, 3.05) is 19.6 Å². The summed E-state index contributed by atoms with van der Waals surface area (Å²) in [7, 11) is 0. The van der Waals surface area contributed by atoms with E-state index in [1.807, 2.05) is 13.0 Å². The molecule has 0 bridgehead atoms. The first-order chi connectivity index (χ1) is 12.4. The first-order valence-corrected chi connectivity index (χ1v) is 8.42. The SMILES string of the molecule is Cc1cc(C)n(CCNC(=O)N2CC(Oc3ccc(F)cc3)C2)c(=O)n1. The number of rotatable bonds is 5. The molecule has 0 aliphatic carbocycles. The number of hydrogen-bond acceptors (Lipinski definition) is 4. The van der Waals surface area contributed by atoms with Crippen molar-refractivity contribution >= 4 is 6.03 Å². The highest BCUT2D eigenvalue weighted by Crippen LogP contribution is 2.18. The maximum Gasteiger partial charge on any atom is 0.348 e. The molecule has 0 radical (unpaired) electrons. The Labute approximate surface area is 150 Å². The lowest BCUT2D eigenvalue weighted by atomic mass is 10.2. The molecule has 2 heterocycles. The van der Waals surface area contributed by atoms with E-state index in [2.05, 4.69) is 10.3 Å². The van der Waals surface area contributed by atoms with Crippen LogP contribution in [0.2, 0.25) is 0 Å². The van der Waals surface area contributed by atoms with Crippen LogP contribution in [0.3, 0.4) is 0 Å². The number of ether oxygens (including phenoxy) is 1. The summed E-state index contributed by atoms with van der Waals surface area (Å²) in [4.78, 5) is 29.5. The zero-order valence-electron chi connectivity index (χ0n) is 14.7. The molecule has 1 saturated heterocycles. The number of amides is 2. The van der Waals surface area contributed by atoms with Gasteiger partial charge in [-0.1, -0.05) is 0 Å². The lowest BCUT2D eigenvalue weighted by Gasteiger charge is -2.38. The molecule has 26 heavy (non-hydrogen) atoms. The average Bonchev–Trinajstić information content (AvgIpc) is 2.54. The molecule has 1 aromatic heterocycles. The molecular weight excluding hydrogens is 339 g/mol. The largest absolute Gasteiger partial charge is 0.487 e. The number of nitrogens with one attached hydrogen (secondary N) is 1. The van der Waals surface area contributed by atoms with Crippen LogP contribution in [0.4, 0.5) is 9.18 Å². The zero-order chi connectivity index (χ0) is 18.7. The van der Waals surface area contributed by atoms with E-state index in [-0.39, 0.29) is 23.6 Å². The second-order valence-electron chi connectivity index (χ2n) is 6.30. The van der Waals surface area contributed by atoms with Crippen molar-refractivity contribution in [2.45, 2.75) is 26.5 Å². The van der Waals surface area contributed by atoms with E-state index in [0.717, 1.165) is 5.69 Å². The number of carbonyl (C=O) groups excluding carboxylic acids is 1. The van der Waals surface area contributed by atoms with Gasteiger partial charge in [0.25, 0.3) is 0 Å². The minimum Gasteiger partial charge on any atom is -0.487 e. The second kappa shape index (κ2) is 7.55. The fourth-order valence-electron chi connectivity index (χ4n) is 2.82. The Bertz CT molecular complexity index is 845. The van der Waals surface area contributed by atoms with Gasteiger partial charge >= 0.3 is 11.7 Å². The summed E-state index contributed by atoms with van der Waals surface area (Å²) < 4.78 is 20.0. The molecule has 1 aliphatic heterocycles. The Hall–Kier alpha value is -2.90. The van der Waals surface area contributed by atoms with E-state index < -0.39 is 0 Å². The average molecular weight is 360 g/mol. The standard InChI is InChI=1S/C18H21FN4O3/c1-12-9-13(2)23(18(25)21-12)8-7-20-17(24)22-10-16(11-22)26-15-5-3-14(19)4-6-15/h3-6,9,16H,7-8,10-11H2,1-2H3,(H,20,24). The minimum atomic E-state index is -0.315. The van der Waals surface area contributed by atoms with Gasteiger partial charge in [0.1, 0.15) is 17.7 Å². The number of hydrogen-bond donors (Lipinski definition) is 1. The third-order valence-electron chi connectivity index (χ3n) is 4.21. The summed E-state index contributed by atoms with van der Waals surface area (Å²) in [5.74, 6) is 0.267.